The zero-order valence-electron chi connectivity index (χ0n) is 15.4. The van der Waals surface area contributed by atoms with Gasteiger partial charge in [-0.3, -0.25) is 9.78 Å². The van der Waals surface area contributed by atoms with Crippen molar-refractivity contribution < 1.29 is 18.8 Å². The molecule has 1 saturated carbocycles. The van der Waals surface area contributed by atoms with Crippen LogP contribution in [0, 0.1) is 0 Å². The Bertz CT molecular complexity index is 799. The number of hydrogen-bond donors (Lipinski definition) is 1. The van der Waals surface area contributed by atoms with E-state index in [1.807, 2.05) is 0 Å². The molecule has 2 aliphatic carbocycles. The summed E-state index contributed by atoms with van der Waals surface area (Å²) in [7, 11) is 1.55. The Kier molecular flexibility index (Phi) is 5.22. The van der Waals surface area contributed by atoms with E-state index in [4.69, 9.17) is 14.0 Å². The van der Waals surface area contributed by atoms with E-state index in [0.717, 1.165) is 62.7 Å². The van der Waals surface area contributed by atoms with E-state index >= 15 is 0 Å². The number of rotatable bonds is 5. The Morgan fingerprint density at radius 3 is 2.74 bits per heavy atom. The van der Waals surface area contributed by atoms with Gasteiger partial charge in [0.05, 0.1) is 19.5 Å². The predicted octanol–water partition coefficient (Wildman–Crippen LogP) is 2.47. The van der Waals surface area contributed by atoms with Gasteiger partial charge in [-0.05, 0) is 44.9 Å². The van der Waals surface area contributed by atoms with Gasteiger partial charge in [0.25, 0.3) is 5.91 Å². The smallest absolute Gasteiger partial charge is 0.273 e. The van der Waals surface area contributed by atoms with Gasteiger partial charge in [-0.2, -0.15) is 4.98 Å². The molecule has 0 saturated heterocycles. The van der Waals surface area contributed by atoms with Crippen LogP contribution in [0.2, 0.25) is 0 Å². The minimum atomic E-state index is -0.120. The number of ether oxygens (including phenoxy) is 2. The zero-order valence-corrected chi connectivity index (χ0v) is 15.4. The molecule has 27 heavy (non-hydrogen) atoms. The Morgan fingerprint density at radius 2 is 1.93 bits per heavy atom. The molecule has 0 spiro atoms. The summed E-state index contributed by atoms with van der Waals surface area (Å²) in [5.41, 5.74) is 1.46. The molecule has 2 heterocycles. The van der Waals surface area contributed by atoms with Gasteiger partial charge in [0.1, 0.15) is 11.9 Å². The van der Waals surface area contributed by atoms with Crippen molar-refractivity contribution in [3.63, 3.8) is 0 Å². The van der Waals surface area contributed by atoms with Crippen LogP contribution in [0.1, 0.15) is 60.3 Å². The van der Waals surface area contributed by atoms with Crippen LogP contribution in [-0.4, -0.2) is 40.3 Å². The Hall–Kier alpha value is -2.64. The van der Waals surface area contributed by atoms with Crippen LogP contribution in [0.15, 0.2) is 16.9 Å². The molecule has 1 fully saturated rings. The number of fused-ring (bicyclic) bond motifs is 1. The van der Waals surface area contributed by atoms with Crippen molar-refractivity contribution in [3.8, 4) is 11.8 Å². The van der Waals surface area contributed by atoms with Gasteiger partial charge in [0.2, 0.25) is 11.8 Å². The summed E-state index contributed by atoms with van der Waals surface area (Å²) in [4.78, 5) is 20.9. The first-order valence-electron chi connectivity index (χ1n) is 9.54. The van der Waals surface area contributed by atoms with Crippen LogP contribution >= 0.6 is 0 Å². The fraction of sp³-hybridized carbons (Fsp3) is 0.579. The lowest BCUT2D eigenvalue weighted by Gasteiger charge is -2.29. The minimum absolute atomic E-state index is 0.0689. The molecule has 2 aromatic rings. The van der Waals surface area contributed by atoms with E-state index in [1.165, 1.54) is 0 Å². The summed E-state index contributed by atoms with van der Waals surface area (Å²) in [6.45, 7) is 0. The second-order valence-corrected chi connectivity index (χ2v) is 7.10. The van der Waals surface area contributed by atoms with Crippen molar-refractivity contribution >= 4 is 5.91 Å². The van der Waals surface area contributed by atoms with Crippen molar-refractivity contribution in [2.24, 2.45) is 0 Å². The monoisotopic (exact) mass is 372 g/mol. The van der Waals surface area contributed by atoms with Gasteiger partial charge in [-0.1, -0.05) is 5.16 Å². The molecule has 0 aliphatic heterocycles. The lowest BCUT2D eigenvalue weighted by molar-refractivity contribution is 0.0879. The van der Waals surface area contributed by atoms with Crippen LogP contribution in [0.4, 0.5) is 0 Å². The third-order valence-corrected chi connectivity index (χ3v) is 5.26. The number of aryl methyl sites for hydroxylation is 1. The molecule has 144 valence electrons. The molecular weight excluding hydrogens is 348 g/mol. The number of aromatic nitrogens is 3. The van der Waals surface area contributed by atoms with E-state index in [9.17, 15) is 4.79 Å². The lowest BCUT2D eigenvalue weighted by atomic mass is 9.92. The topological polar surface area (TPSA) is 99.4 Å². The Morgan fingerprint density at radius 1 is 1.15 bits per heavy atom. The maximum Gasteiger partial charge on any atom is 0.273 e. The Balaban J connectivity index is 1.29. The second-order valence-electron chi connectivity index (χ2n) is 7.10. The maximum absolute atomic E-state index is 12.6. The predicted molar refractivity (Wildman–Crippen MR) is 95.9 cm³/mol. The molecular formula is C19H24N4O4. The van der Waals surface area contributed by atoms with E-state index < -0.39 is 0 Å². The summed E-state index contributed by atoms with van der Waals surface area (Å²) < 4.78 is 16.3. The minimum Gasteiger partial charge on any atom is -0.480 e. The van der Waals surface area contributed by atoms with Crippen molar-refractivity contribution in [3.05, 3.63) is 29.4 Å². The molecule has 2 aliphatic rings. The van der Waals surface area contributed by atoms with E-state index in [1.54, 1.807) is 19.5 Å². The largest absolute Gasteiger partial charge is 0.480 e. The molecule has 0 bridgehead atoms. The average Bonchev–Trinajstić information content (AvgIpc) is 3.14. The van der Waals surface area contributed by atoms with Crippen LogP contribution in [0.25, 0.3) is 0 Å². The van der Waals surface area contributed by atoms with Gasteiger partial charge in [-0.25, -0.2) is 0 Å². The van der Waals surface area contributed by atoms with E-state index in [0.29, 0.717) is 17.5 Å². The molecule has 0 unspecified atom stereocenters. The highest BCUT2D eigenvalue weighted by Crippen LogP contribution is 2.26. The van der Waals surface area contributed by atoms with Gasteiger partial charge < -0.3 is 19.3 Å². The number of nitrogens with zero attached hydrogens (tertiary/aromatic N) is 3. The van der Waals surface area contributed by atoms with Gasteiger partial charge >= 0.3 is 0 Å². The van der Waals surface area contributed by atoms with Crippen LogP contribution < -0.4 is 14.8 Å². The highest BCUT2D eigenvalue weighted by molar-refractivity contribution is 5.94. The van der Waals surface area contributed by atoms with E-state index in [-0.39, 0.29) is 18.1 Å². The normalized spacial score (nSPS) is 22.0. The standard InChI is InChI=1S/C19H24N4O4/c1-25-16-10-20-11-17(22-16)26-13-8-6-12(7-9-13)21-19(24)18-14-4-2-3-5-15(14)27-23-18/h10-13H,2-9H2,1H3,(H,21,24). The van der Waals surface area contributed by atoms with Crippen LogP contribution in [0.5, 0.6) is 11.8 Å². The number of methoxy groups -OCH3 is 1. The third-order valence-electron chi connectivity index (χ3n) is 5.26. The average molecular weight is 372 g/mol. The highest BCUT2D eigenvalue weighted by atomic mass is 16.5. The number of carbonyl (C=O) groups excluding carboxylic acids is 1. The molecule has 4 rings (SSSR count). The number of nitrogens with one attached hydrogen (secondary N) is 1. The fourth-order valence-electron chi connectivity index (χ4n) is 3.80. The Labute approximate surface area is 157 Å². The lowest BCUT2D eigenvalue weighted by Crippen LogP contribution is -2.40. The third kappa shape index (κ3) is 4.04. The van der Waals surface area contributed by atoms with Gasteiger partial charge in [0.15, 0.2) is 5.69 Å². The number of carbonyl (C=O) groups is 1. The molecule has 8 heteroatoms. The zero-order chi connectivity index (χ0) is 18.6. The summed E-state index contributed by atoms with van der Waals surface area (Å²) >= 11 is 0. The fourth-order valence-corrected chi connectivity index (χ4v) is 3.80. The first kappa shape index (κ1) is 17.8. The quantitative estimate of drug-likeness (QED) is 0.860. The van der Waals surface area contributed by atoms with Gasteiger partial charge in [-0.15, -0.1) is 0 Å². The first-order chi connectivity index (χ1) is 13.2. The maximum atomic E-state index is 12.6. The summed E-state index contributed by atoms with van der Waals surface area (Å²) in [5.74, 6) is 1.66. The highest BCUT2D eigenvalue weighted by Gasteiger charge is 2.28. The molecule has 1 amide bonds. The van der Waals surface area contributed by atoms with Gasteiger partial charge in [0, 0.05) is 18.0 Å². The van der Waals surface area contributed by atoms with Crippen LogP contribution in [0.3, 0.4) is 0 Å². The van der Waals surface area contributed by atoms with Crippen molar-refractivity contribution in [1.29, 1.82) is 0 Å². The number of hydrogen-bond acceptors (Lipinski definition) is 7. The summed E-state index contributed by atoms with van der Waals surface area (Å²) in [5, 5.41) is 7.12. The van der Waals surface area contributed by atoms with Crippen molar-refractivity contribution in [2.45, 2.75) is 63.5 Å². The molecule has 0 aromatic carbocycles. The van der Waals surface area contributed by atoms with Crippen LogP contribution in [-0.2, 0) is 12.8 Å². The van der Waals surface area contributed by atoms with E-state index in [2.05, 4.69) is 20.4 Å². The molecule has 0 atom stereocenters. The van der Waals surface area contributed by atoms with Crippen molar-refractivity contribution in [2.75, 3.05) is 7.11 Å². The molecule has 8 nitrogen and oxygen atoms in total. The summed E-state index contributed by atoms with van der Waals surface area (Å²) in [6.07, 6.45) is 10.6. The second kappa shape index (κ2) is 7.94. The summed E-state index contributed by atoms with van der Waals surface area (Å²) in [6, 6.07) is 0.129. The molecule has 2 aromatic heterocycles. The SMILES string of the molecule is COc1cncc(OC2CCC(NC(=O)c3noc4c3CCCC4)CC2)n1. The first-order valence-corrected chi connectivity index (χ1v) is 9.54. The molecule has 0 radical (unpaired) electrons. The van der Waals surface area contributed by atoms with Crippen molar-refractivity contribution in [1.82, 2.24) is 20.4 Å². The molecule has 1 N–H and O–H groups in total. The number of amides is 1.